The summed E-state index contributed by atoms with van der Waals surface area (Å²) >= 11 is 7.23. The van der Waals surface area contributed by atoms with Gasteiger partial charge < -0.3 is 4.57 Å². The van der Waals surface area contributed by atoms with Crippen LogP contribution in [-0.2, 0) is 7.05 Å². The SMILES string of the molecule is C#CCSc1nc(Cl)nc2ncn(C)c12. The zero-order chi connectivity index (χ0) is 10.8. The minimum absolute atomic E-state index is 0.195. The van der Waals surface area contributed by atoms with Crippen LogP contribution in [0.4, 0.5) is 0 Å². The lowest BCUT2D eigenvalue weighted by molar-refractivity contribution is 0.925. The van der Waals surface area contributed by atoms with Crippen molar-refractivity contribution in [2.45, 2.75) is 5.03 Å². The summed E-state index contributed by atoms with van der Waals surface area (Å²) < 4.78 is 1.85. The first-order valence-corrected chi connectivity index (χ1v) is 5.49. The van der Waals surface area contributed by atoms with E-state index in [4.69, 9.17) is 18.0 Å². The number of rotatable bonds is 2. The van der Waals surface area contributed by atoms with Crippen LogP contribution in [0.15, 0.2) is 11.4 Å². The molecule has 0 atom stereocenters. The molecule has 15 heavy (non-hydrogen) atoms. The normalized spacial score (nSPS) is 10.5. The van der Waals surface area contributed by atoms with E-state index in [2.05, 4.69) is 20.9 Å². The molecule has 0 saturated carbocycles. The van der Waals surface area contributed by atoms with Crippen molar-refractivity contribution in [3.05, 3.63) is 11.6 Å². The highest BCUT2D eigenvalue weighted by atomic mass is 35.5. The van der Waals surface area contributed by atoms with Crippen LogP contribution in [0.25, 0.3) is 11.2 Å². The number of terminal acetylenes is 1. The number of imidazole rings is 1. The van der Waals surface area contributed by atoms with E-state index in [9.17, 15) is 0 Å². The third-order valence-electron chi connectivity index (χ3n) is 1.80. The smallest absolute Gasteiger partial charge is 0.225 e. The number of hydrogen-bond donors (Lipinski definition) is 0. The molecule has 6 heteroatoms. The predicted molar refractivity (Wildman–Crippen MR) is 60.9 cm³/mol. The Morgan fingerprint density at radius 3 is 3.13 bits per heavy atom. The molecule has 0 aliphatic carbocycles. The van der Waals surface area contributed by atoms with Gasteiger partial charge in [-0.05, 0) is 11.6 Å². The highest BCUT2D eigenvalue weighted by molar-refractivity contribution is 7.99. The number of aromatic nitrogens is 4. The summed E-state index contributed by atoms with van der Waals surface area (Å²) in [7, 11) is 1.88. The first-order valence-electron chi connectivity index (χ1n) is 4.13. The molecule has 0 aliphatic heterocycles. The van der Waals surface area contributed by atoms with Crippen molar-refractivity contribution in [3.63, 3.8) is 0 Å². The maximum absolute atomic E-state index is 5.78. The Hall–Kier alpha value is -1.25. The lowest BCUT2D eigenvalue weighted by atomic mass is 10.5. The highest BCUT2D eigenvalue weighted by Gasteiger charge is 2.10. The molecule has 2 aromatic rings. The quantitative estimate of drug-likeness (QED) is 0.346. The molecule has 0 N–H and O–H groups in total. The molecule has 0 fully saturated rings. The highest BCUT2D eigenvalue weighted by Crippen LogP contribution is 2.25. The van der Waals surface area contributed by atoms with Crippen molar-refractivity contribution in [3.8, 4) is 12.3 Å². The lowest BCUT2D eigenvalue weighted by Crippen LogP contribution is -1.93. The molecule has 2 rings (SSSR count). The van der Waals surface area contributed by atoms with Crippen LogP contribution < -0.4 is 0 Å². The van der Waals surface area contributed by atoms with Crippen LogP contribution in [-0.4, -0.2) is 25.3 Å². The van der Waals surface area contributed by atoms with E-state index in [-0.39, 0.29) is 5.28 Å². The second-order valence-electron chi connectivity index (χ2n) is 2.82. The van der Waals surface area contributed by atoms with Crippen molar-refractivity contribution in [2.24, 2.45) is 7.05 Å². The molecule has 0 radical (unpaired) electrons. The second kappa shape index (κ2) is 4.09. The van der Waals surface area contributed by atoms with Gasteiger partial charge in [-0.2, -0.15) is 4.98 Å². The van der Waals surface area contributed by atoms with Crippen LogP contribution in [0.5, 0.6) is 0 Å². The Labute approximate surface area is 96.1 Å². The van der Waals surface area contributed by atoms with Crippen molar-refractivity contribution in [2.75, 3.05) is 5.75 Å². The molecule has 0 aromatic carbocycles. The van der Waals surface area contributed by atoms with E-state index in [0.717, 1.165) is 10.5 Å². The molecule has 2 aromatic heterocycles. The van der Waals surface area contributed by atoms with Gasteiger partial charge in [-0.1, -0.05) is 17.7 Å². The van der Waals surface area contributed by atoms with Gasteiger partial charge in [-0.15, -0.1) is 6.42 Å². The number of fused-ring (bicyclic) bond motifs is 1. The number of nitrogens with zero attached hydrogens (tertiary/aromatic N) is 4. The molecular formula is C9H7ClN4S. The Kier molecular flexibility index (Phi) is 2.80. The molecule has 0 saturated heterocycles. The van der Waals surface area contributed by atoms with Crippen LogP contribution in [0.3, 0.4) is 0 Å². The molecule has 0 bridgehead atoms. The monoisotopic (exact) mass is 238 g/mol. The third-order valence-corrected chi connectivity index (χ3v) is 2.84. The standard InChI is InChI=1S/C9H7ClN4S/c1-3-4-15-8-6-7(11-5-14(6)2)12-9(10)13-8/h1,5H,4H2,2H3. The molecule has 0 spiro atoms. The van der Waals surface area contributed by atoms with Crippen molar-refractivity contribution < 1.29 is 0 Å². The zero-order valence-corrected chi connectivity index (χ0v) is 9.51. The number of thioether (sulfide) groups is 1. The summed E-state index contributed by atoms with van der Waals surface area (Å²) in [4.78, 5) is 12.3. The summed E-state index contributed by atoms with van der Waals surface area (Å²) in [6.45, 7) is 0. The van der Waals surface area contributed by atoms with E-state index >= 15 is 0 Å². The van der Waals surface area contributed by atoms with Crippen molar-refractivity contribution >= 4 is 34.5 Å². The fraction of sp³-hybridized carbons (Fsp3) is 0.222. The maximum atomic E-state index is 5.78. The summed E-state index contributed by atoms with van der Waals surface area (Å²) in [5.74, 6) is 3.09. The predicted octanol–water partition coefficient (Wildman–Crippen LogP) is 1.74. The molecule has 2 heterocycles. The molecule has 76 valence electrons. The van der Waals surface area contributed by atoms with E-state index in [0.29, 0.717) is 11.4 Å². The molecule has 0 aliphatic rings. The van der Waals surface area contributed by atoms with Gasteiger partial charge in [0.05, 0.1) is 12.1 Å². The number of aryl methyl sites for hydroxylation is 1. The van der Waals surface area contributed by atoms with Gasteiger partial charge in [0.2, 0.25) is 5.28 Å². The summed E-state index contributed by atoms with van der Waals surface area (Å²) in [5.41, 5.74) is 1.46. The van der Waals surface area contributed by atoms with Crippen LogP contribution >= 0.6 is 23.4 Å². The first kappa shape index (κ1) is 10.3. The minimum Gasteiger partial charge on any atom is -0.330 e. The summed E-state index contributed by atoms with van der Waals surface area (Å²) in [6, 6.07) is 0. The number of halogens is 1. The Balaban J connectivity index is 2.59. The topological polar surface area (TPSA) is 43.6 Å². The Morgan fingerprint density at radius 2 is 2.40 bits per heavy atom. The fourth-order valence-electron chi connectivity index (χ4n) is 1.21. The minimum atomic E-state index is 0.195. The van der Waals surface area contributed by atoms with Gasteiger partial charge in [0, 0.05) is 7.05 Å². The van der Waals surface area contributed by atoms with Gasteiger partial charge in [0.1, 0.15) is 10.5 Å². The van der Waals surface area contributed by atoms with E-state index < -0.39 is 0 Å². The maximum Gasteiger partial charge on any atom is 0.225 e. The summed E-state index contributed by atoms with van der Waals surface area (Å²) in [6.07, 6.45) is 6.88. The third kappa shape index (κ3) is 1.91. The average Bonchev–Trinajstić information content (AvgIpc) is 2.56. The van der Waals surface area contributed by atoms with Crippen LogP contribution in [0.2, 0.25) is 5.28 Å². The van der Waals surface area contributed by atoms with E-state index in [1.807, 2.05) is 11.6 Å². The zero-order valence-electron chi connectivity index (χ0n) is 7.94. The average molecular weight is 239 g/mol. The van der Waals surface area contributed by atoms with Gasteiger partial charge in [0.15, 0.2) is 5.65 Å². The number of hydrogen-bond acceptors (Lipinski definition) is 4. The molecule has 4 nitrogen and oxygen atoms in total. The van der Waals surface area contributed by atoms with Crippen molar-refractivity contribution in [1.29, 1.82) is 0 Å². The Morgan fingerprint density at radius 1 is 1.60 bits per heavy atom. The largest absolute Gasteiger partial charge is 0.330 e. The first-order chi connectivity index (χ1) is 7.22. The summed E-state index contributed by atoms with van der Waals surface area (Å²) in [5, 5.41) is 0.962. The second-order valence-corrected chi connectivity index (χ2v) is 4.12. The van der Waals surface area contributed by atoms with Crippen LogP contribution in [0.1, 0.15) is 0 Å². The Bertz CT molecular complexity index is 543. The van der Waals surface area contributed by atoms with Gasteiger partial charge in [-0.3, -0.25) is 0 Å². The van der Waals surface area contributed by atoms with Gasteiger partial charge >= 0.3 is 0 Å². The fourth-order valence-corrected chi connectivity index (χ4v) is 2.16. The van der Waals surface area contributed by atoms with Crippen molar-refractivity contribution in [1.82, 2.24) is 19.5 Å². The van der Waals surface area contributed by atoms with Gasteiger partial charge in [-0.25, -0.2) is 9.97 Å². The van der Waals surface area contributed by atoms with Gasteiger partial charge in [0.25, 0.3) is 0 Å². The molecule has 0 amide bonds. The van der Waals surface area contributed by atoms with Crippen LogP contribution in [0, 0.1) is 12.3 Å². The lowest BCUT2D eigenvalue weighted by Gasteiger charge is -2.01. The van der Waals surface area contributed by atoms with E-state index in [1.165, 1.54) is 11.8 Å². The molecular weight excluding hydrogens is 232 g/mol. The molecule has 0 unspecified atom stereocenters. The van der Waals surface area contributed by atoms with E-state index in [1.54, 1.807) is 6.33 Å².